The number of rotatable bonds is 9. The number of thiazole rings is 1. The van der Waals surface area contributed by atoms with Crippen molar-refractivity contribution in [3.8, 4) is 0 Å². The predicted molar refractivity (Wildman–Crippen MR) is 124 cm³/mol. The molecular weight excluding hydrogens is 424 g/mol. The van der Waals surface area contributed by atoms with Crippen LogP contribution < -0.4 is 0 Å². The molecule has 1 unspecified atom stereocenters. The zero-order chi connectivity index (χ0) is 22.7. The topological polar surface area (TPSA) is 68.7 Å². The number of aromatic nitrogens is 1. The van der Waals surface area contributed by atoms with Crippen molar-refractivity contribution in [1.82, 2.24) is 9.88 Å². The lowest BCUT2D eigenvalue weighted by molar-refractivity contribution is 0.0517. The summed E-state index contributed by atoms with van der Waals surface area (Å²) in [7, 11) is 0. The number of amides is 1. The lowest BCUT2D eigenvalue weighted by Gasteiger charge is -2.43. The number of carbonyl (C=O) groups is 2. The third-order valence-corrected chi connectivity index (χ3v) is 7.66. The van der Waals surface area contributed by atoms with Gasteiger partial charge in [-0.05, 0) is 38.7 Å². The fourth-order valence-corrected chi connectivity index (χ4v) is 5.63. The van der Waals surface area contributed by atoms with Gasteiger partial charge in [0.2, 0.25) is 0 Å². The highest BCUT2D eigenvalue weighted by Gasteiger charge is 2.51. The first-order chi connectivity index (χ1) is 15.5. The van der Waals surface area contributed by atoms with Crippen LogP contribution in [0.3, 0.4) is 0 Å². The summed E-state index contributed by atoms with van der Waals surface area (Å²) in [5.74, 6) is -0.0618. The average Bonchev–Trinajstić information content (AvgIpc) is 3.46. The number of hydrogen-bond acceptors (Lipinski definition) is 6. The van der Waals surface area contributed by atoms with Crippen LogP contribution in [0.5, 0.6) is 0 Å². The standard InChI is InChI=1S/C25H30N2O4S/c1-4-14-31-24(29)27(20-15-19(20)18-10-7-6-8-11-18)16-25(12-9-13-25)23-26-21(17(3)32-23)22(28)30-5-2/h4,6-8,10-11,19-20H,1,5,9,12-16H2,2-3H3/t19?,20-/m0/s1. The number of nitrogens with zero attached hydrogens (tertiary/aromatic N) is 2. The molecule has 6 nitrogen and oxygen atoms in total. The van der Waals surface area contributed by atoms with Crippen molar-refractivity contribution in [1.29, 1.82) is 0 Å². The SMILES string of the molecule is C=CCOC(=O)N(CC1(c2nc(C(=O)OCC)c(C)s2)CCC1)[C@H]1CC1c1ccccc1. The number of benzene rings is 1. The van der Waals surface area contributed by atoms with Gasteiger partial charge in [-0.25, -0.2) is 14.6 Å². The van der Waals surface area contributed by atoms with Gasteiger partial charge in [0.15, 0.2) is 5.69 Å². The summed E-state index contributed by atoms with van der Waals surface area (Å²) >= 11 is 1.55. The van der Waals surface area contributed by atoms with Crippen LogP contribution in [0.2, 0.25) is 0 Å². The zero-order valence-corrected chi connectivity index (χ0v) is 19.5. The van der Waals surface area contributed by atoms with Gasteiger partial charge in [0.1, 0.15) is 11.6 Å². The quantitative estimate of drug-likeness (QED) is 0.383. The largest absolute Gasteiger partial charge is 0.461 e. The normalized spacial score (nSPS) is 20.7. The smallest absolute Gasteiger partial charge is 0.410 e. The molecule has 2 aliphatic rings. The number of aryl methyl sites for hydroxylation is 1. The number of ether oxygens (including phenoxy) is 2. The minimum absolute atomic E-state index is 0.109. The summed E-state index contributed by atoms with van der Waals surface area (Å²) < 4.78 is 10.6. The highest BCUT2D eigenvalue weighted by Crippen LogP contribution is 2.50. The summed E-state index contributed by atoms with van der Waals surface area (Å²) in [6.45, 7) is 8.41. The molecule has 0 spiro atoms. The molecule has 2 atom stereocenters. The summed E-state index contributed by atoms with van der Waals surface area (Å²) in [6.07, 6.45) is 5.17. The van der Waals surface area contributed by atoms with E-state index in [-0.39, 0.29) is 30.1 Å². The van der Waals surface area contributed by atoms with E-state index in [1.54, 1.807) is 24.3 Å². The van der Waals surface area contributed by atoms with Crippen molar-refractivity contribution in [2.75, 3.05) is 19.8 Å². The molecule has 170 valence electrons. The molecule has 2 aliphatic carbocycles. The number of esters is 1. The van der Waals surface area contributed by atoms with E-state index in [2.05, 4.69) is 18.7 Å². The monoisotopic (exact) mass is 454 g/mol. The maximum atomic E-state index is 13.0. The second-order valence-electron chi connectivity index (χ2n) is 8.59. The van der Waals surface area contributed by atoms with Crippen molar-refractivity contribution < 1.29 is 19.1 Å². The van der Waals surface area contributed by atoms with Gasteiger partial charge in [-0.1, -0.05) is 49.4 Å². The van der Waals surface area contributed by atoms with Crippen LogP contribution in [0.25, 0.3) is 0 Å². The number of carbonyl (C=O) groups excluding carboxylic acids is 2. The van der Waals surface area contributed by atoms with Crippen molar-refractivity contribution >= 4 is 23.4 Å². The van der Waals surface area contributed by atoms with E-state index in [9.17, 15) is 9.59 Å². The van der Waals surface area contributed by atoms with Crippen molar-refractivity contribution in [2.24, 2.45) is 0 Å². The second kappa shape index (κ2) is 9.45. The van der Waals surface area contributed by atoms with E-state index in [1.165, 1.54) is 5.56 Å². The fourth-order valence-electron chi connectivity index (χ4n) is 4.50. The molecule has 2 fully saturated rings. The third-order valence-electron chi connectivity index (χ3n) is 6.45. The molecule has 1 aromatic heterocycles. The Morgan fingerprint density at radius 1 is 1.28 bits per heavy atom. The Morgan fingerprint density at radius 2 is 2.03 bits per heavy atom. The Bertz CT molecular complexity index is 983. The van der Waals surface area contributed by atoms with E-state index in [0.29, 0.717) is 24.8 Å². The van der Waals surface area contributed by atoms with E-state index in [4.69, 9.17) is 14.5 Å². The van der Waals surface area contributed by atoms with Gasteiger partial charge in [0.25, 0.3) is 0 Å². The molecule has 0 aliphatic heterocycles. The van der Waals surface area contributed by atoms with Gasteiger partial charge in [-0.3, -0.25) is 0 Å². The Hall–Kier alpha value is -2.67. The first-order valence-corrected chi connectivity index (χ1v) is 12.0. The van der Waals surface area contributed by atoms with E-state index >= 15 is 0 Å². The molecule has 1 aromatic carbocycles. The van der Waals surface area contributed by atoms with Gasteiger partial charge in [0, 0.05) is 28.8 Å². The van der Waals surface area contributed by atoms with E-state index in [1.807, 2.05) is 30.0 Å². The zero-order valence-electron chi connectivity index (χ0n) is 18.7. The minimum atomic E-state index is -0.379. The molecule has 0 saturated heterocycles. The molecule has 2 aromatic rings. The second-order valence-corrected chi connectivity index (χ2v) is 9.80. The highest BCUT2D eigenvalue weighted by atomic mass is 32.1. The van der Waals surface area contributed by atoms with Gasteiger partial charge in [0.05, 0.1) is 6.61 Å². The van der Waals surface area contributed by atoms with Crippen LogP contribution in [0.1, 0.15) is 64.5 Å². The van der Waals surface area contributed by atoms with Crippen LogP contribution in [-0.4, -0.2) is 47.7 Å². The van der Waals surface area contributed by atoms with Gasteiger partial charge in [-0.2, -0.15) is 0 Å². The highest BCUT2D eigenvalue weighted by molar-refractivity contribution is 7.12. The maximum Gasteiger partial charge on any atom is 0.410 e. The van der Waals surface area contributed by atoms with Crippen LogP contribution in [0.4, 0.5) is 4.79 Å². The molecular formula is C25H30N2O4S. The molecule has 1 heterocycles. The van der Waals surface area contributed by atoms with Crippen molar-refractivity contribution in [2.45, 2.75) is 56.9 Å². The molecule has 0 N–H and O–H groups in total. The summed E-state index contributed by atoms with van der Waals surface area (Å²) in [6, 6.07) is 10.4. The van der Waals surface area contributed by atoms with Crippen LogP contribution >= 0.6 is 11.3 Å². The molecule has 0 bridgehead atoms. The lowest BCUT2D eigenvalue weighted by Crippen LogP contribution is -2.49. The Balaban J connectivity index is 1.58. The van der Waals surface area contributed by atoms with E-state index in [0.717, 1.165) is 35.6 Å². The summed E-state index contributed by atoms with van der Waals surface area (Å²) in [5, 5.41) is 0.919. The number of hydrogen-bond donors (Lipinski definition) is 0. The minimum Gasteiger partial charge on any atom is -0.461 e. The Kier molecular flexibility index (Phi) is 6.65. The third kappa shape index (κ3) is 4.44. The van der Waals surface area contributed by atoms with Gasteiger partial charge in [-0.15, -0.1) is 11.3 Å². The van der Waals surface area contributed by atoms with E-state index < -0.39 is 0 Å². The first-order valence-electron chi connectivity index (χ1n) is 11.2. The van der Waals surface area contributed by atoms with Gasteiger partial charge < -0.3 is 14.4 Å². The average molecular weight is 455 g/mol. The van der Waals surface area contributed by atoms with Crippen LogP contribution in [0, 0.1) is 6.92 Å². The fraction of sp³-hybridized carbons (Fsp3) is 0.480. The van der Waals surface area contributed by atoms with Crippen molar-refractivity contribution in [3.63, 3.8) is 0 Å². The van der Waals surface area contributed by atoms with Crippen molar-refractivity contribution in [3.05, 3.63) is 64.1 Å². The van der Waals surface area contributed by atoms with Crippen LogP contribution in [0.15, 0.2) is 43.0 Å². The lowest BCUT2D eigenvalue weighted by atomic mass is 9.68. The summed E-state index contributed by atoms with van der Waals surface area (Å²) in [4.78, 5) is 32.8. The predicted octanol–water partition coefficient (Wildman–Crippen LogP) is 5.23. The Labute approximate surface area is 193 Å². The molecule has 1 amide bonds. The van der Waals surface area contributed by atoms with Gasteiger partial charge >= 0.3 is 12.1 Å². The Morgan fingerprint density at radius 3 is 2.66 bits per heavy atom. The molecule has 2 saturated carbocycles. The summed E-state index contributed by atoms with van der Waals surface area (Å²) in [5.41, 5.74) is 1.40. The molecule has 4 rings (SSSR count). The first kappa shape index (κ1) is 22.5. The molecule has 32 heavy (non-hydrogen) atoms. The molecule has 7 heteroatoms. The molecule has 0 radical (unpaired) electrons. The maximum absolute atomic E-state index is 13.0. The van der Waals surface area contributed by atoms with Crippen LogP contribution in [-0.2, 0) is 14.9 Å².